The Morgan fingerprint density at radius 1 is 1.37 bits per heavy atom. The minimum absolute atomic E-state index is 0.0867. The number of aromatic nitrogens is 1. The molecule has 0 aliphatic carbocycles. The normalized spacial score (nSPS) is 16.6. The van der Waals surface area contributed by atoms with Crippen LogP contribution in [-0.4, -0.2) is 38.0 Å². The number of thioether (sulfide) groups is 1. The average molecular weight is 408 g/mol. The topological polar surface area (TPSA) is 131 Å². The van der Waals surface area contributed by atoms with Crippen molar-refractivity contribution in [3.05, 3.63) is 57.2 Å². The number of carbonyl (C=O) groups excluding carboxylic acids is 2. The van der Waals surface area contributed by atoms with Gasteiger partial charge in [0.05, 0.1) is 15.7 Å². The lowest BCUT2D eigenvalue weighted by Gasteiger charge is -2.15. The summed E-state index contributed by atoms with van der Waals surface area (Å²) in [5.74, 6) is -2.53. The molecule has 11 heteroatoms. The van der Waals surface area contributed by atoms with Gasteiger partial charge in [0.15, 0.2) is 0 Å². The maximum Gasteiger partial charge on any atom is 0.338 e. The molecule has 0 saturated carbocycles. The Bertz CT molecular complexity index is 982. The number of nitrogens with zero attached hydrogens (tertiary/aromatic N) is 3. The van der Waals surface area contributed by atoms with Crippen LogP contribution in [0.25, 0.3) is 0 Å². The van der Waals surface area contributed by atoms with Crippen molar-refractivity contribution in [3.63, 3.8) is 0 Å². The molecular formula is C16H10ClN3O6S. The largest absolute Gasteiger partial charge is 0.478 e. The molecule has 27 heavy (non-hydrogen) atoms. The third-order valence-electron chi connectivity index (χ3n) is 3.74. The molecule has 3 rings (SSSR count). The van der Waals surface area contributed by atoms with Crippen molar-refractivity contribution in [3.8, 4) is 0 Å². The summed E-state index contributed by atoms with van der Waals surface area (Å²) in [5, 5.41) is 19.7. The van der Waals surface area contributed by atoms with Crippen molar-refractivity contribution >= 4 is 52.5 Å². The molecule has 1 aromatic heterocycles. The molecule has 1 fully saturated rings. The van der Waals surface area contributed by atoms with Gasteiger partial charge in [-0.3, -0.25) is 19.7 Å². The number of imide groups is 1. The lowest BCUT2D eigenvalue weighted by molar-refractivity contribution is -0.384. The summed E-state index contributed by atoms with van der Waals surface area (Å²) in [4.78, 5) is 51.6. The first-order chi connectivity index (χ1) is 12.8. The number of rotatable bonds is 5. The number of hydrogen-bond acceptors (Lipinski definition) is 7. The lowest BCUT2D eigenvalue weighted by Crippen LogP contribution is -2.31. The summed E-state index contributed by atoms with van der Waals surface area (Å²) in [6, 6.07) is 6.40. The van der Waals surface area contributed by atoms with E-state index in [9.17, 15) is 29.6 Å². The van der Waals surface area contributed by atoms with E-state index in [4.69, 9.17) is 11.6 Å². The quantitative estimate of drug-likeness (QED) is 0.454. The van der Waals surface area contributed by atoms with Crippen molar-refractivity contribution < 1.29 is 24.4 Å². The summed E-state index contributed by atoms with van der Waals surface area (Å²) in [7, 11) is 0. The molecular weight excluding hydrogens is 398 g/mol. The first-order valence-corrected chi connectivity index (χ1v) is 8.71. The zero-order valence-electron chi connectivity index (χ0n) is 13.4. The number of carbonyl (C=O) groups is 3. The molecule has 0 spiro atoms. The third kappa shape index (κ3) is 3.62. The summed E-state index contributed by atoms with van der Waals surface area (Å²) in [6.45, 7) is 0. The molecule has 1 atom stereocenters. The molecule has 1 aromatic carbocycles. The highest BCUT2D eigenvalue weighted by Gasteiger charge is 2.43. The highest BCUT2D eigenvalue weighted by atomic mass is 35.5. The molecule has 2 aromatic rings. The number of anilines is 1. The van der Waals surface area contributed by atoms with Crippen LogP contribution in [0.3, 0.4) is 0 Å². The van der Waals surface area contributed by atoms with Crippen molar-refractivity contribution in [1.82, 2.24) is 4.98 Å². The van der Waals surface area contributed by atoms with Crippen molar-refractivity contribution in [2.45, 2.75) is 16.7 Å². The number of nitro groups is 1. The summed E-state index contributed by atoms with van der Waals surface area (Å²) in [6.07, 6.45) is 1.14. The molecule has 1 unspecified atom stereocenters. The molecule has 0 bridgehead atoms. The van der Waals surface area contributed by atoms with Gasteiger partial charge in [0, 0.05) is 23.7 Å². The van der Waals surface area contributed by atoms with Gasteiger partial charge in [-0.05, 0) is 24.3 Å². The molecule has 9 nitrogen and oxygen atoms in total. The van der Waals surface area contributed by atoms with Crippen LogP contribution in [0.4, 0.5) is 11.4 Å². The standard InChI is InChI=1S/C16H10ClN3O6S/c17-8-3-4-10(11(6-8)20(25)26)19-13(21)7-12(15(19)22)27-14-9(16(23)24)2-1-5-18-14/h1-6,12H,7H2,(H,23,24). The van der Waals surface area contributed by atoms with E-state index in [1.165, 1.54) is 30.5 Å². The number of pyridine rings is 1. The van der Waals surface area contributed by atoms with E-state index in [2.05, 4.69) is 4.98 Å². The van der Waals surface area contributed by atoms with Crippen LogP contribution < -0.4 is 4.90 Å². The number of amides is 2. The van der Waals surface area contributed by atoms with Gasteiger partial charge in [0.1, 0.15) is 10.7 Å². The van der Waals surface area contributed by atoms with Gasteiger partial charge in [-0.15, -0.1) is 0 Å². The number of carboxylic acids is 1. The molecule has 1 aliphatic rings. The van der Waals surface area contributed by atoms with Gasteiger partial charge < -0.3 is 5.11 Å². The van der Waals surface area contributed by atoms with Crippen LogP contribution in [0.5, 0.6) is 0 Å². The Hall–Kier alpha value is -2.98. The number of carboxylic acid groups (broad SMARTS) is 1. The zero-order chi connectivity index (χ0) is 19.7. The first-order valence-electron chi connectivity index (χ1n) is 7.45. The minimum Gasteiger partial charge on any atom is -0.478 e. The van der Waals surface area contributed by atoms with E-state index in [1.807, 2.05) is 0 Å². The van der Waals surface area contributed by atoms with Crippen LogP contribution in [0.2, 0.25) is 5.02 Å². The van der Waals surface area contributed by atoms with Crippen molar-refractivity contribution in [2.24, 2.45) is 0 Å². The molecule has 2 heterocycles. The second-order valence-electron chi connectivity index (χ2n) is 5.43. The van der Waals surface area contributed by atoms with Crippen LogP contribution in [-0.2, 0) is 9.59 Å². The zero-order valence-corrected chi connectivity index (χ0v) is 14.9. The summed E-state index contributed by atoms with van der Waals surface area (Å²) < 4.78 is 0. The Morgan fingerprint density at radius 3 is 2.78 bits per heavy atom. The molecule has 1 N–H and O–H groups in total. The Balaban J connectivity index is 1.93. The number of nitro benzene ring substituents is 1. The van der Waals surface area contributed by atoms with Gasteiger partial charge in [-0.2, -0.15) is 0 Å². The Morgan fingerprint density at radius 2 is 2.11 bits per heavy atom. The van der Waals surface area contributed by atoms with Gasteiger partial charge in [0.25, 0.3) is 5.69 Å². The summed E-state index contributed by atoms with van der Waals surface area (Å²) >= 11 is 6.60. The predicted octanol–water partition coefficient (Wildman–Crippen LogP) is 2.77. The van der Waals surface area contributed by atoms with Crippen LogP contribution >= 0.6 is 23.4 Å². The van der Waals surface area contributed by atoms with E-state index in [-0.39, 0.29) is 27.7 Å². The van der Waals surface area contributed by atoms with E-state index in [0.29, 0.717) is 0 Å². The maximum atomic E-state index is 12.7. The maximum absolute atomic E-state index is 12.7. The fourth-order valence-corrected chi connectivity index (χ4v) is 3.84. The second kappa shape index (κ2) is 7.33. The SMILES string of the molecule is O=C(O)c1cccnc1SC1CC(=O)N(c2ccc(Cl)cc2[N+](=O)[O-])C1=O. The number of benzene rings is 1. The van der Waals surface area contributed by atoms with Crippen molar-refractivity contribution in [1.29, 1.82) is 0 Å². The monoisotopic (exact) mass is 407 g/mol. The Labute approximate surface area is 161 Å². The average Bonchev–Trinajstić information content (AvgIpc) is 2.89. The van der Waals surface area contributed by atoms with E-state index >= 15 is 0 Å². The summed E-state index contributed by atoms with van der Waals surface area (Å²) in [5.41, 5.74) is -0.750. The fourth-order valence-electron chi connectivity index (χ4n) is 2.56. The van der Waals surface area contributed by atoms with Gasteiger partial charge in [0.2, 0.25) is 11.8 Å². The molecule has 0 radical (unpaired) electrons. The highest BCUT2D eigenvalue weighted by Crippen LogP contribution is 2.38. The predicted molar refractivity (Wildman–Crippen MR) is 96.1 cm³/mol. The van der Waals surface area contributed by atoms with Crippen LogP contribution in [0.15, 0.2) is 41.6 Å². The number of hydrogen-bond donors (Lipinski definition) is 1. The lowest BCUT2D eigenvalue weighted by atomic mass is 10.2. The number of halogens is 1. The molecule has 138 valence electrons. The number of aromatic carboxylic acids is 1. The van der Waals surface area contributed by atoms with Gasteiger partial charge in [-0.25, -0.2) is 14.7 Å². The van der Waals surface area contributed by atoms with Gasteiger partial charge >= 0.3 is 5.97 Å². The van der Waals surface area contributed by atoms with Crippen LogP contribution in [0, 0.1) is 10.1 Å². The molecule has 1 saturated heterocycles. The Kier molecular flexibility index (Phi) is 5.10. The smallest absolute Gasteiger partial charge is 0.338 e. The third-order valence-corrected chi connectivity index (χ3v) is 5.17. The van der Waals surface area contributed by atoms with E-state index in [0.717, 1.165) is 22.7 Å². The van der Waals surface area contributed by atoms with Crippen molar-refractivity contribution in [2.75, 3.05) is 4.90 Å². The van der Waals surface area contributed by atoms with Crippen LogP contribution in [0.1, 0.15) is 16.8 Å². The highest BCUT2D eigenvalue weighted by molar-refractivity contribution is 8.00. The first kappa shape index (κ1) is 18.8. The fraction of sp³-hybridized carbons (Fsp3) is 0.125. The minimum atomic E-state index is -1.22. The van der Waals surface area contributed by atoms with E-state index in [1.54, 1.807) is 0 Å². The van der Waals surface area contributed by atoms with Gasteiger partial charge in [-0.1, -0.05) is 23.4 Å². The molecule has 1 aliphatic heterocycles. The van der Waals surface area contributed by atoms with E-state index < -0.39 is 33.6 Å². The second-order valence-corrected chi connectivity index (χ2v) is 7.06. The molecule has 2 amide bonds.